The molecule has 0 bridgehead atoms. The van der Waals surface area contributed by atoms with Gasteiger partial charge in [-0.3, -0.25) is 9.59 Å². The van der Waals surface area contributed by atoms with Gasteiger partial charge >= 0.3 is 11.9 Å². The van der Waals surface area contributed by atoms with Crippen LogP contribution >= 0.6 is 11.6 Å². The molecule has 0 fully saturated rings. The zero-order valence-corrected chi connectivity index (χ0v) is 21.6. The number of carbonyl (C=O) groups excluding carboxylic acids is 4. The molecule has 4 aromatic rings. The molecule has 0 saturated heterocycles. The Balaban J connectivity index is 1.44. The predicted octanol–water partition coefficient (Wildman–Crippen LogP) is 4.66. The zero-order chi connectivity index (χ0) is 28.3. The standard InChI is InChI=1S/C30H22ClN3O6/c31-24-13-7-12-22(16-24)28(36)32-19-27(35)34-33-18-23-14-15-25(39-29(37)20-8-3-1-4-9-20)17-26(23)40-30(38)21-10-5-2-6-11-21/h1-18H,19H2,(H,32,36)(H,34,35). The van der Waals surface area contributed by atoms with Crippen LogP contribution in [0.1, 0.15) is 36.6 Å². The highest BCUT2D eigenvalue weighted by atomic mass is 35.5. The molecule has 2 N–H and O–H groups in total. The molecule has 4 aromatic carbocycles. The first-order valence-electron chi connectivity index (χ1n) is 11.9. The van der Waals surface area contributed by atoms with Crippen LogP contribution in [0.3, 0.4) is 0 Å². The molecule has 0 atom stereocenters. The third kappa shape index (κ3) is 7.86. The van der Waals surface area contributed by atoms with Crippen molar-refractivity contribution in [2.24, 2.45) is 5.10 Å². The van der Waals surface area contributed by atoms with E-state index in [4.69, 9.17) is 21.1 Å². The Morgan fingerprint density at radius 2 is 1.35 bits per heavy atom. The van der Waals surface area contributed by atoms with Crippen molar-refractivity contribution in [2.45, 2.75) is 0 Å². The number of halogens is 1. The number of rotatable bonds is 9. The van der Waals surface area contributed by atoms with Crippen LogP contribution in [0.4, 0.5) is 0 Å². The molecule has 200 valence electrons. The Hall–Kier alpha value is -5.28. The van der Waals surface area contributed by atoms with Crippen LogP contribution < -0.4 is 20.2 Å². The molecule has 40 heavy (non-hydrogen) atoms. The maximum absolute atomic E-state index is 12.7. The van der Waals surface area contributed by atoms with E-state index in [0.29, 0.717) is 27.3 Å². The van der Waals surface area contributed by atoms with E-state index in [-0.39, 0.29) is 18.0 Å². The minimum atomic E-state index is -0.644. The maximum atomic E-state index is 12.7. The van der Waals surface area contributed by atoms with Crippen LogP contribution in [0.5, 0.6) is 11.5 Å². The summed E-state index contributed by atoms with van der Waals surface area (Å²) in [4.78, 5) is 49.5. The summed E-state index contributed by atoms with van der Waals surface area (Å²) in [7, 11) is 0. The molecule has 0 aliphatic carbocycles. The highest BCUT2D eigenvalue weighted by Crippen LogP contribution is 2.26. The number of esters is 2. The molecule has 10 heteroatoms. The molecule has 0 unspecified atom stereocenters. The van der Waals surface area contributed by atoms with Gasteiger partial charge in [-0.05, 0) is 54.6 Å². The monoisotopic (exact) mass is 555 g/mol. The van der Waals surface area contributed by atoms with E-state index in [1.54, 1.807) is 78.9 Å². The van der Waals surface area contributed by atoms with Gasteiger partial charge in [0, 0.05) is 22.2 Å². The molecule has 0 heterocycles. The zero-order valence-electron chi connectivity index (χ0n) is 20.9. The summed E-state index contributed by atoms with van der Waals surface area (Å²) in [6.07, 6.45) is 1.26. The first-order chi connectivity index (χ1) is 19.4. The molecule has 0 aromatic heterocycles. The fourth-order valence-corrected chi connectivity index (χ4v) is 3.54. The lowest BCUT2D eigenvalue weighted by molar-refractivity contribution is -0.120. The van der Waals surface area contributed by atoms with Crippen molar-refractivity contribution in [2.75, 3.05) is 6.54 Å². The SMILES string of the molecule is O=C(CNC(=O)c1cccc(Cl)c1)NN=Cc1ccc(OC(=O)c2ccccc2)cc1OC(=O)c1ccccc1. The minimum Gasteiger partial charge on any atom is -0.423 e. The fourth-order valence-electron chi connectivity index (χ4n) is 3.35. The highest BCUT2D eigenvalue weighted by molar-refractivity contribution is 6.31. The number of ether oxygens (including phenoxy) is 2. The minimum absolute atomic E-state index is 0.0412. The van der Waals surface area contributed by atoms with Gasteiger partial charge in [0.25, 0.3) is 11.8 Å². The van der Waals surface area contributed by atoms with E-state index < -0.39 is 23.8 Å². The first kappa shape index (κ1) is 27.7. The summed E-state index contributed by atoms with van der Waals surface area (Å²) in [5, 5.41) is 6.75. The molecule has 2 amide bonds. The summed E-state index contributed by atoms with van der Waals surface area (Å²) < 4.78 is 11.0. The molecule has 0 saturated carbocycles. The number of hydrazone groups is 1. The van der Waals surface area contributed by atoms with Gasteiger partial charge in [-0.15, -0.1) is 0 Å². The Kier molecular flexibility index (Phi) is 9.36. The Labute approximate surface area is 234 Å². The van der Waals surface area contributed by atoms with E-state index in [1.165, 1.54) is 30.5 Å². The average Bonchev–Trinajstić information content (AvgIpc) is 2.98. The second kappa shape index (κ2) is 13.5. The lowest BCUT2D eigenvalue weighted by Gasteiger charge is -2.10. The third-order valence-corrected chi connectivity index (χ3v) is 5.54. The summed E-state index contributed by atoms with van der Waals surface area (Å²) in [5.41, 5.74) is 3.57. The van der Waals surface area contributed by atoms with Crippen LogP contribution in [0, 0.1) is 0 Å². The first-order valence-corrected chi connectivity index (χ1v) is 12.3. The summed E-state index contributed by atoms with van der Waals surface area (Å²) >= 11 is 5.89. The third-order valence-electron chi connectivity index (χ3n) is 5.31. The topological polar surface area (TPSA) is 123 Å². The smallest absolute Gasteiger partial charge is 0.343 e. The van der Waals surface area contributed by atoms with Crippen molar-refractivity contribution in [1.29, 1.82) is 0 Å². The number of carbonyl (C=O) groups is 4. The predicted molar refractivity (Wildman–Crippen MR) is 149 cm³/mol. The molecule has 4 rings (SSSR count). The van der Waals surface area contributed by atoms with Gasteiger partial charge in [0.05, 0.1) is 23.9 Å². The van der Waals surface area contributed by atoms with Crippen molar-refractivity contribution in [3.05, 3.63) is 130 Å². The number of benzene rings is 4. The van der Waals surface area contributed by atoms with Crippen LogP contribution in [0.15, 0.2) is 108 Å². The largest absolute Gasteiger partial charge is 0.423 e. The molecule has 0 spiro atoms. The van der Waals surface area contributed by atoms with Crippen LogP contribution in [-0.4, -0.2) is 36.5 Å². The molecule has 0 radical (unpaired) electrons. The molecular weight excluding hydrogens is 534 g/mol. The number of amides is 2. The van der Waals surface area contributed by atoms with Gasteiger partial charge in [-0.1, -0.05) is 54.1 Å². The van der Waals surface area contributed by atoms with E-state index in [0.717, 1.165) is 0 Å². The number of hydrogen-bond acceptors (Lipinski definition) is 7. The normalized spacial score (nSPS) is 10.5. The fraction of sp³-hybridized carbons (Fsp3) is 0.0333. The second-order valence-electron chi connectivity index (χ2n) is 8.20. The van der Waals surface area contributed by atoms with Crippen molar-refractivity contribution in [3.8, 4) is 11.5 Å². The van der Waals surface area contributed by atoms with Gasteiger partial charge in [-0.25, -0.2) is 15.0 Å². The van der Waals surface area contributed by atoms with Crippen LogP contribution in [-0.2, 0) is 4.79 Å². The number of nitrogens with zero attached hydrogens (tertiary/aromatic N) is 1. The van der Waals surface area contributed by atoms with Crippen molar-refractivity contribution >= 4 is 41.6 Å². The van der Waals surface area contributed by atoms with Gasteiger partial charge in [-0.2, -0.15) is 5.10 Å². The second-order valence-corrected chi connectivity index (χ2v) is 8.63. The number of hydrogen-bond donors (Lipinski definition) is 2. The Morgan fingerprint density at radius 1 is 0.725 bits per heavy atom. The lowest BCUT2D eigenvalue weighted by Crippen LogP contribution is -2.34. The lowest BCUT2D eigenvalue weighted by atomic mass is 10.2. The Bertz CT molecular complexity index is 1560. The quantitative estimate of drug-likeness (QED) is 0.134. The van der Waals surface area contributed by atoms with E-state index >= 15 is 0 Å². The Morgan fingerprint density at radius 3 is 2.00 bits per heavy atom. The van der Waals surface area contributed by atoms with E-state index in [2.05, 4.69) is 15.8 Å². The summed E-state index contributed by atoms with van der Waals surface area (Å²) in [6.45, 7) is -0.340. The van der Waals surface area contributed by atoms with E-state index in [9.17, 15) is 19.2 Å². The summed E-state index contributed by atoms with van der Waals surface area (Å²) in [6, 6.07) is 27.4. The van der Waals surface area contributed by atoms with Gasteiger partial charge in [0.15, 0.2) is 0 Å². The van der Waals surface area contributed by atoms with Crippen LogP contribution in [0.25, 0.3) is 0 Å². The average molecular weight is 556 g/mol. The summed E-state index contributed by atoms with van der Waals surface area (Å²) in [5.74, 6) is -2.13. The van der Waals surface area contributed by atoms with Crippen molar-refractivity contribution < 1.29 is 28.7 Å². The van der Waals surface area contributed by atoms with Gasteiger partial charge in [0.2, 0.25) is 0 Å². The molecular formula is C30H22ClN3O6. The number of nitrogens with one attached hydrogen (secondary N) is 2. The maximum Gasteiger partial charge on any atom is 0.343 e. The van der Waals surface area contributed by atoms with Crippen LogP contribution in [0.2, 0.25) is 5.02 Å². The van der Waals surface area contributed by atoms with Gasteiger partial charge in [0.1, 0.15) is 11.5 Å². The van der Waals surface area contributed by atoms with Crippen molar-refractivity contribution in [3.63, 3.8) is 0 Å². The molecule has 0 aliphatic rings. The van der Waals surface area contributed by atoms with Crippen molar-refractivity contribution in [1.82, 2.24) is 10.7 Å². The highest BCUT2D eigenvalue weighted by Gasteiger charge is 2.15. The van der Waals surface area contributed by atoms with Gasteiger partial charge < -0.3 is 14.8 Å². The van der Waals surface area contributed by atoms with E-state index in [1.807, 2.05) is 0 Å². The molecule has 9 nitrogen and oxygen atoms in total. The molecule has 0 aliphatic heterocycles.